The van der Waals surface area contributed by atoms with E-state index in [0.29, 0.717) is 22.5 Å². The van der Waals surface area contributed by atoms with Crippen molar-refractivity contribution in [2.24, 2.45) is 0 Å². The Kier molecular flexibility index (Phi) is 3.69. The molecule has 0 amide bonds. The standard InChI is InChI=1S/C14H13N7OS2/c1-3-8-7(2)16-13-17-10(9-5-4-6-22-9)20-21(13)11(8)23-14-19-18-12(15)24-14/h4-6H,3H2,1-2H3,(H2,15,18). The number of aromatic nitrogens is 6. The summed E-state index contributed by atoms with van der Waals surface area (Å²) in [5.41, 5.74) is 7.70. The fourth-order valence-electron chi connectivity index (χ4n) is 2.38. The van der Waals surface area contributed by atoms with Crippen molar-refractivity contribution in [2.45, 2.75) is 29.6 Å². The van der Waals surface area contributed by atoms with Gasteiger partial charge in [-0.3, -0.25) is 0 Å². The highest BCUT2D eigenvalue weighted by atomic mass is 32.2. The van der Waals surface area contributed by atoms with E-state index in [9.17, 15) is 0 Å². The van der Waals surface area contributed by atoms with Crippen molar-refractivity contribution < 1.29 is 4.42 Å². The Bertz CT molecular complexity index is 1010. The van der Waals surface area contributed by atoms with Gasteiger partial charge in [-0.1, -0.05) is 18.3 Å². The molecule has 24 heavy (non-hydrogen) atoms. The van der Waals surface area contributed by atoms with Crippen LogP contribution in [0.3, 0.4) is 0 Å². The fraction of sp³-hybridized carbons (Fsp3) is 0.214. The zero-order valence-corrected chi connectivity index (χ0v) is 14.6. The molecule has 0 aliphatic rings. The molecule has 0 atom stereocenters. The van der Waals surface area contributed by atoms with Crippen molar-refractivity contribution >= 4 is 34.0 Å². The summed E-state index contributed by atoms with van der Waals surface area (Å²) >= 11 is 2.81. The molecule has 4 aromatic rings. The van der Waals surface area contributed by atoms with Gasteiger partial charge in [-0.2, -0.15) is 9.50 Å². The van der Waals surface area contributed by atoms with E-state index >= 15 is 0 Å². The highest BCUT2D eigenvalue weighted by Crippen LogP contribution is 2.34. The fourth-order valence-corrected chi connectivity index (χ4v) is 4.25. The maximum Gasteiger partial charge on any atom is 0.254 e. The van der Waals surface area contributed by atoms with Crippen molar-refractivity contribution in [1.82, 2.24) is 29.8 Å². The highest BCUT2D eigenvalue weighted by molar-refractivity contribution is 8.01. The Labute approximate surface area is 145 Å². The van der Waals surface area contributed by atoms with E-state index in [1.165, 1.54) is 23.1 Å². The van der Waals surface area contributed by atoms with Gasteiger partial charge in [-0.05, 0) is 37.2 Å². The van der Waals surface area contributed by atoms with Gasteiger partial charge in [-0.25, -0.2) is 4.98 Å². The molecule has 10 heteroatoms. The van der Waals surface area contributed by atoms with Gasteiger partial charge in [0.1, 0.15) is 5.03 Å². The molecule has 0 aliphatic heterocycles. The summed E-state index contributed by atoms with van der Waals surface area (Å²) < 4.78 is 7.87. The second kappa shape index (κ2) is 5.87. The van der Waals surface area contributed by atoms with E-state index < -0.39 is 0 Å². The third kappa shape index (κ3) is 2.53. The van der Waals surface area contributed by atoms with Crippen molar-refractivity contribution in [3.63, 3.8) is 0 Å². The molecule has 0 unspecified atom stereocenters. The van der Waals surface area contributed by atoms with Crippen molar-refractivity contribution in [3.8, 4) is 11.6 Å². The molecule has 0 radical (unpaired) electrons. The molecule has 4 rings (SSSR count). The van der Waals surface area contributed by atoms with Crippen LogP contribution in [-0.2, 0) is 6.42 Å². The Balaban J connectivity index is 1.90. The van der Waals surface area contributed by atoms with E-state index in [2.05, 4.69) is 32.2 Å². The number of fused-ring (bicyclic) bond motifs is 1. The number of anilines is 1. The molecule has 0 aromatic carbocycles. The quantitative estimate of drug-likeness (QED) is 0.554. The van der Waals surface area contributed by atoms with Crippen LogP contribution in [-0.4, -0.2) is 29.8 Å². The lowest BCUT2D eigenvalue weighted by molar-refractivity contribution is 0.577. The van der Waals surface area contributed by atoms with Gasteiger partial charge in [-0.15, -0.1) is 15.3 Å². The average Bonchev–Trinajstić information content (AvgIpc) is 3.27. The van der Waals surface area contributed by atoms with Crippen LogP contribution in [0.25, 0.3) is 17.4 Å². The topological polar surface area (TPSA) is 108 Å². The molecule has 0 aliphatic carbocycles. The first-order chi connectivity index (χ1) is 11.7. The maximum atomic E-state index is 5.69. The molecule has 4 aromatic heterocycles. The van der Waals surface area contributed by atoms with Crippen LogP contribution >= 0.6 is 23.1 Å². The van der Waals surface area contributed by atoms with E-state index in [0.717, 1.165) is 27.0 Å². The van der Waals surface area contributed by atoms with E-state index in [4.69, 9.17) is 10.2 Å². The van der Waals surface area contributed by atoms with Gasteiger partial charge in [0.15, 0.2) is 10.1 Å². The summed E-state index contributed by atoms with van der Waals surface area (Å²) in [4.78, 5) is 9.04. The first-order valence-corrected chi connectivity index (χ1v) is 8.86. The Morgan fingerprint density at radius 3 is 2.88 bits per heavy atom. The van der Waals surface area contributed by atoms with E-state index in [1.807, 2.05) is 13.0 Å². The molecule has 122 valence electrons. The summed E-state index contributed by atoms with van der Waals surface area (Å²) in [5, 5.41) is 13.9. The number of hydrogen-bond donors (Lipinski definition) is 1. The summed E-state index contributed by atoms with van der Waals surface area (Å²) in [6, 6.07) is 3.62. The molecule has 0 saturated carbocycles. The molecule has 4 heterocycles. The molecule has 0 saturated heterocycles. The van der Waals surface area contributed by atoms with Crippen LogP contribution in [0.1, 0.15) is 18.2 Å². The molecular weight excluding hydrogens is 346 g/mol. The molecule has 0 bridgehead atoms. The minimum atomic E-state index is 0.437. The Hall–Kier alpha value is -2.46. The first kappa shape index (κ1) is 15.1. The number of nitrogen functional groups attached to an aromatic ring is 1. The zero-order chi connectivity index (χ0) is 16.7. The second-order valence-electron chi connectivity index (χ2n) is 4.97. The van der Waals surface area contributed by atoms with Gasteiger partial charge < -0.3 is 10.2 Å². The summed E-state index contributed by atoms with van der Waals surface area (Å²) in [5.74, 6) is 1.63. The summed E-state index contributed by atoms with van der Waals surface area (Å²) in [7, 11) is 0. The van der Waals surface area contributed by atoms with Crippen LogP contribution in [0.2, 0.25) is 0 Å². The Morgan fingerprint density at radius 2 is 2.21 bits per heavy atom. The zero-order valence-electron chi connectivity index (χ0n) is 12.9. The lowest BCUT2D eigenvalue weighted by Gasteiger charge is -2.09. The van der Waals surface area contributed by atoms with E-state index in [1.54, 1.807) is 16.8 Å². The number of nitrogens with two attached hydrogens (primary N) is 1. The van der Waals surface area contributed by atoms with Gasteiger partial charge in [0.05, 0.1) is 6.26 Å². The summed E-state index contributed by atoms with van der Waals surface area (Å²) in [6.07, 6.45) is 2.41. The van der Waals surface area contributed by atoms with E-state index in [-0.39, 0.29) is 0 Å². The number of nitrogens with zero attached hydrogens (tertiary/aromatic N) is 6. The van der Waals surface area contributed by atoms with Crippen LogP contribution in [0, 0.1) is 6.92 Å². The molecule has 2 N–H and O–H groups in total. The number of aryl methyl sites for hydroxylation is 1. The predicted molar refractivity (Wildman–Crippen MR) is 91.0 cm³/mol. The molecule has 8 nitrogen and oxygen atoms in total. The van der Waals surface area contributed by atoms with Crippen LogP contribution < -0.4 is 5.73 Å². The maximum absolute atomic E-state index is 5.69. The van der Waals surface area contributed by atoms with Crippen LogP contribution in [0.15, 0.2) is 32.2 Å². The summed E-state index contributed by atoms with van der Waals surface area (Å²) in [6.45, 7) is 4.05. The first-order valence-electron chi connectivity index (χ1n) is 7.22. The minimum Gasteiger partial charge on any atom is -0.461 e. The highest BCUT2D eigenvalue weighted by Gasteiger charge is 2.19. The van der Waals surface area contributed by atoms with Crippen molar-refractivity contribution in [1.29, 1.82) is 0 Å². The third-order valence-electron chi connectivity index (χ3n) is 3.45. The number of rotatable bonds is 4. The molecule has 0 fully saturated rings. The third-order valence-corrected chi connectivity index (χ3v) is 5.36. The SMILES string of the molecule is CCc1c(C)nc2nc(-c3ccco3)nn2c1Sc1nnc(N)s1. The normalized spacial score (nSPS) is 11.4. The second-order valence-corrected chi connectivity index (χ2v) is 7.21. The predicted octanol–water partition coefficient (Wildman–Crippen LogP) is 2.84. The van der Waals surface area contributed by atoms with Gasteiger partial charge in [0.25, 0.3) is 5.78 Å². The smallest absolute Gasteiger partial charge is 0.254 e. The van der Waals surface area contributed by atoms with Crippen LogP contribution in [0.4, 0.5) is 5.13 Å². The lowest BCUT2D eigenvalue weighted by Crippen LogP contribution is -2.04. The molecule has 0 spiro atoms. The lowest BCUT2D eigenvalue weighted by atomic mass is 10.2. The van der Waals surface area contributed by atoms with Crippen LogP contribution in [0.5, 0.6) is 0 Å². The number of hydrogen-bond acceptors (Lipinski definition) is 9. The van der Waals surface area contributed by atoms with Gasteiger partial charge >= 0.3 is 0 Å². The monoisotopic (exact) mass is 359 g/mol. The Morgan fingerprint density at radius 1 is 1.33 bits per heavy atom. The molecular formula is C14H13N7OS2. The minimum absolute atomic E-state index is 0.437. The van der Waals surface area contributed by atoms with Gasteiger partial charge in [0.2, 0.25) is 11.0 Å². The van der Waals surface area contributed by atoms with Crippen molar-refractivity contribution in [2.75, 3.05) is 5.73 Å². The van der Waals surface area contributed by atoms with Crippen molar-refractivity contribution in [3.05, 3.63) is 29.7 Å². The van der Waals surface area contributed by atoms with Gasteiger partial charge in [0, 0.05) is 11.3 Å². The average molecular weight is 359 g/mol. The largest absolute Gasteiger partial charge is 0.461 e. The number of furan rings is 1.